The van der Waals surface area contributed by atoms with Gasteiger partial charge in [-0.3, -0.25) is 4.68 Å². The quantitative estimate of drug-likeness (QED) is 0.803. The fourth-order valence-electron chi connectivity index (χ4n) is 1.48. The molecule has 0 saturated heterocycles. The number of hydrogen-bond donors (Lipinski definition) is 0. The van der Waals surface area contributed by atoms with Crippen LogP contribution in [0.25, 0.3) is 0 Å². The summed E-state index contributed by atoms with van der Waals surface area (Å²) < 4.78 is 23.6. The van der Waals surface area contributed by atoms with Crippen molar-refractivity contribution in [3.63, 3.8) is 0 Å². The van der Waals surface area contributed by atoms with Crippen LogP contribution in [0.3, 0.4) is 0 Å². The maximum Gasteiger partial charge on any atom is 0.264 e. The standard InChI is InChI=1S/C11H8ClN3O2S/c12-18(16,17)11-6-14-15(8-11)7-10-3-1-2-9(4-10)5-13/h1-4,6,8H,7H2. The SMILES string of the molecule is N#Cc1cccc(Cn2cc(S(=O)(=O)Cl)cn2)c1. The maximum absolute atomic E-state index is 11.1. The molecule has 0 spiro atoms. The minimum absolute atomic E-state index is 0.0411. The highest BCUT2D eigenvalue weighted by molar-refractivity contribution is 8.13. The highest BCUT2D eigenvalue weighted by Gasteiger charge is 2.12. The zero-order chi connectivity index (χ0) is 13.2. The molecule has 2 aromatic rings. The van der Waals surface area contributed by atoms with Crippen molar-refractivity contribution in [1.29, 1.82) is 5.26 Å². The van der Waals surface area contributed by atoms with Gasteiger partial charge in [-0.15, -0.1) is 0 Å². The number of benzene rings is 1. The van der Waals surface area contributed by atoms with Gasteiger partial charge in [-0.25, -0.2) is 8.42 Å². The van der Waals surface area contributed by atoms with E-state index in [9.17, 15) is 8.42 Å². The Morgan fingerprint density at radius 1 is 1.44 bits per heavy atom. The summed E-state index contributed by atoms with van der Waals surface area (Å²) in [5.41, 5.74) is 1.40. The molecule has 0 aliphatic carbocycles. The summed E-state index contributed by atoms with van der Waals surface area (Å²) in [7, 11) is 1.45. The molecule has 0 amide bonds. The largest absolute Gasteiger partial charge is 0.267 e. The monoisotopic (exact) mass is 281 g/mol. The van der Waals surface area contributed by atoms with Crippen molar-refractivity contribution in [2.24, 2.45) is 0 Å². The first-order chi connectivity index (χ1) is 8.49. The number of rotatable bonds is 3. The van der Waals surface area contributed by atoms with Crippen LogP contribution in [0, 0.1) is 11.3 Å². The van der Waals surface area contributed by atoms with E-state index in [1.807, 2.05) is 12.1 Å². The second-order valence-electron chi connectivity index (χ2n) is 3.62. The normalized spacial score (nSPS) is 11.1. The molecule has 0 aliphatic heterocycles. The van der Waals surface area contributed by atoms with E-state index in [1.165, 1.54) is 17.1 Å². The minimum Gasteiger partial charge on any atom is -0.267 e. The van der Waals surface area contributed by atoms with Crippen molar-refractivity contribution < 1.29 is 8.42 Å². The first-order valence-electron chi connectivity index (χ1n) is 4.95. The molecule has 18 heavy (non-hydrogen) atoms. The summed E-state index contributed by atoms with van der Waals surface area (Å²) in [5.74, 6) is 0. The third-order valence-electron chi connectivity index (χ3n) is 2.29. The lowest BCUT2D eigenvalue weighted by atomic mass is 10.1. The van der Waals surface area contributed by atoms with E-state index in [-0.39, 0.29) is 4.90 Å². The average molecular weight is 282 g/mol. The van der Waals surface area contributed by atoms with Gasteiger partial charge in [-0.1, -0.05) is 12.1 Å². The number of hydrogen-bond acceptors (Lipinski definition) is 4. The number of halogens is 1. The Morgan fingerprint density at radius 2 is 2.22 bits per heavy atom. The summed E-state index contributed by atoms with van der Waals surface area (Å²) in [6, 6.07) is 9.04. The van der Waals surface area contributed by atoms with E-state index in [0.29, 0.717) is 12.1 Å². The maximum atomic E-state index is 11.1. The predicted octanol–water partition coefficient (Wildman–Crippen LogP) is 1.73. The van der Waals surface area contributed by atoms with E-state index >= 15 is 0 Å². The summed E-state index contributed by atoms with van der Waals surface area (Å²) >= 11 is 0. The Bertz CT molecular complexity index is 716. The van der Waals surface area contributed by atoms with Crippen LogP contribution in [0.1, 0.15) is 11.1 Å². The molecule has 0 fully saturated rings. The molecule has 0 atom stereocenters. The second-order valence-corrected chi connectivity index (χ2v) is 6.19. The summed E-state index contributed by atoms with van der Waals surface area (Å²) in [6.07, 6.45) is 2.54. The molecule has 1 aromatic carbocycles. The van der Waals surface area contributed by atoms with Gasteiger partial charge in [0.1, 0.15) is 4.90 Å². The van der Waals surface area contributed by atoms with Gasteiger partial charge in [-0.05, 0) is 17.7 Å². The van der Waals surface area contributed by atoms with E-state index < -0.39 is 9.05 Å². The lowest BCUT2D eigenvalue weighted by Crippen LogP contribution is -2.00. The molecule has 2 rings (SSSR count). The van der Waals surface area contributed by atoms with Gasteiger partial charge in [0.05, 0.1) is 24.4 Å². The van der Waals surface area contributed by atoms with Crippen LogP contribution in [0.15, 0.2) is 41.6 Å². The molecule has 0 saturated carbocycles. The molecule has 0 bridgehead atoms. The zero-order valence-corrected chi connectivity index (χ0v) is 10.7. The Morgan fingerprint density at radius 3 is 2.83 bits per heavy atom. The predicted molar refractivity (Wildman–Crippen MR) is 65.5 cm³/mol. The molecule has 1 heterocycles. The summed E-state index contributed by atoms with van der Waals surface area (Å²) in [5, 5.41) is 12.7. The lowest BCUT2D eigenvalue weighted by molar-refractivity contribution is 0.609. The number of nitriles is 1. The van der Waals surface area contributed by atoms with Crippen molar-refractivity contribution in [2.45, 2.75) is 11.4 Å². The van der Waals surface area contributed by atoms with Crippen LogP contribution >= 0.6 is 10.7 Å². The smallest absolute Gasteiger partial charge is 0.264 e. The first-order valence-corrected chi connectivity index (χ1v) is 7.26. The third-order valence-corrected chi connectivity index (χ3v) is 3.60. The van der Waals surface area contributed by atoms with Crippen LogP contribution in [0.5, 0.6) is 0 Å². The van der Waals surface area contributed by atoms with Crippen LogP contribution < -0.4 is 0 Å². The molecule has 1 aromatic heterocycles. The Balaban J connectivity index is 2.24. The highest BCUT2D eigenvalue weighted by atomic mass is 35.7. The van der Waals surface area contributed by atoms with Crippen LogP contribution in [-0.2, 0) is 15.6 Å². The third kappa shape index (κ3) is 2.88. The van der Waals surface area contributed by atoms with Crippen molar-refractivity contribution in [3.05, 3.63) is 47.8 Å². The van der Waals surface area contributed by atoms with Gasteiger partial charge in [0.15, 0.2) is 0 Å². The van der Waals surface area contributed by atoms with E-state index in [2.05, 4.69) is 5.10 Å². The summed E-state index contributed by atoms with van der Waals surface area (Å²) in [4.78, 5) is -0.0411. The number of nitrogens with zero attached hydrogens (tertiary/aromatic N) is 3. The Labute approximate surface area is 109 Å². The summed E-state index contributed by atoms with van der Waals surface area (Å²) in [6.45, 7) is 0.377. The van der Waals surface area contributed by atoms with E-state index in [0.717, 1.165) is 5.56 Å². The molecule has 0 aliphatic rings. The van der Waals surface area contributed by atoms with Crippen LogP contribution in [0.4, 0.5) is 0 Å². The van der Waals surface area contributed by atoms with Crippen LogP contribution in [0.2, 0.25) is 0 Å². The average Bonchev–Trinajstić information content (AvgIpc) is 2.77. The Hall–Kier alpha value is -1.84. The zero-order valence-electron chi connectivity index (χ0n) is 9.12. The molecule has 5 nitrogen and oxygen atoms in total. The molecule has 7 heteroatoms. The Kier molecular flexibility index (Phi) is 3.36. The van der Waals surface area contributed by atoms with E-state index in [4.69, 9.17) is 15.9 Å². The van der Waals surface area contributed by atoms with Crippen molar-refractivity contribution >= 4 is 19.7 Å². The van der Waals surface area contributed by atoms with Crippen molar-refractivity contribution in [2.75, 3.05) is 0 Å². The molecule has 0 N–H and O–H groups in total. The lowest BCUT2D eigenvalue weighted by Gasteiger charge is -2.01. The minimum atomic E-state index is -3.75. The van der Waals surface area contributed by atoms with Gasteiger partial charge in [0, 0.05) is 16.9 Å². The van der Waals surface area contributed by atoms with Crippen molar-refractivity contribution in [1.82, 2.24) is 9.78 Å². The van der Waals surface area contributed by atoms with Gasteiger partial charge < -0.3 is 0 Å². The van der Waals surface area contributed by atoms with Gasteiger partial charge in [0.2, 0.25) is 0 Å². The molecule has 0 unspecified atom stereocenters. The molecule has 0 radical (unpaired) electrons. The molecular formula is C11H8ClN3O2S. The van der Waals surface area contributed by atoms with Gasteiger partial charge in [0.25, 0.3) is 9.05 Å². The fourth-order valence-corrected chi connectivity index (χ4v) is 2.14. The second kappa shape index (κ2) is 4.80. The molecular weight excluding hydrogens is 274 g/mol. The topological polar surface area (TPSA) is 75.8 Å². The van der Waals surface area contributed by atoms with Crippen LogP contribution in [-0.4, -0.2) is 18.2 Å². The highest BCUT2D eigenvalue weighted by Crippen LogP contribution is 2.14. The first kappa shape index (κ1) is 12.6. The van der Waals surface area contributed by atoms with Crippen molar-refractivity contribution in [3.8, 4) is 6.07 Å². The van der Waals surface area contributed by atoms with E-state index in [1.54, 1.807) is 18.2 Å². The fraction of sp³-hybridized carbons (Fsp3) is 0.0909. The molecule has 92 valence electrons. The van der Waals surface area contributed by atoms with Gasteiger partial charge >= 0.3 is 0 Å². The number of aromatic nitrogens is 2. The van der Waals surface area contributed by atoms with Gasteiger partial charge in [-0.2, -0.15) is 10.4 Å².